The van der Waals surface area contributed by atoms with E-state index in [2.05, 4.69) is 20.5 Å². The van der Waals surface area contributed by atoms with Gasteiger partial charge in [0.05, 0.1) is 17.6 Å². The number of nitrogens with one attached hydrogen (secondary N) is 2. The first-order valence-corrected chi connectivity index (χ1v) is 5.24. The molecule has 0 aliphatic heterocycles. The molecule has 0 spiro atoms. The fraction of sp³-hybridized carbons (Fsp3) is 0.125. The first-order valence-electron chi connectivity index (χ1n) is 4.36. The van der Waals surface area contributed by atoms with E-state index in [1.165, 1.54) is 11.3 Å². The Balaban J connectivity index is 2.11. The van der Waals surface area contributed by atoms with Gasteiger partial charge in [0.15, 0.2) is 5.13 Å². The van der Waals surface area contributed by atoms with Gasteiger partial charge in [0.1, 0.15) is 6.04 Å². The van der Waals surface area contributed by atoms with Crippen molar-refractivity contribution in [3.8, 4) is 0 Å². The third-order valence-electron chi connectivity index (χ3n) is 1.86. The van der Waals surface area contributed by atoms with Crippen LogP contribution in [0.5, 0.6) is 0 Å². The number of hydrogen-bond acceptors (Lipinski definition) is 6. The minimum atomic E-state index is -1.10. The Morgan fingerprint density at radius 1 is 1.69 bits per heavy atom. The molecule has 0 saturated carbocycles. The molecule has 0 saturated heterocycles. The molecule has 7 nitrogen and oxygen atoms in total. The highest BCUT2D eigenvalue weighted by atomic mass is 32.1. The van der Waals surface area contributed by atoms with Crippen LogP contribution in [0, 0.1) is 0 Å². The standard InChI is InChI=1S/C8H9N5O2S/c9-6(7(14)15)5-3-16-8(13-5)12-4-1-10-11-2-4/h1-3,6H,9H2,(H,10,11)(H,12,13)(H,14,15). The Kier molecular flexibility index (Phi) is 2.84. The summed E-state index contributed by atoms with van der Waals surface area (Å²) in [5, 5.41) is 20.3. The van der Waals surface area contributed by atoms with E-state index < -0.39 is 12.0 Å². The maximum Gasteiger partial charge on any atom is 0.326 e. The average Bonchev–Trinajstić information content (AvgIpc) is 2.88. The van der Waals surface area contributed by atoms with Gasteiger partial charge in [0, 0.05) is 11.6 Å². The van der Waals surface area contributed by atoms with Gasteiger partial charge in [-0.2, -0.15) is 5.10 Å². The predicted molar refractivity (Wildman–Crippen MR) is 58.5 cm³/mol. The monoisotopic (exact) mass is 239 g/mol. The molecule has 84 valence electrons. The van der Waals surface area contributed by atoms with Crippen LogP contribution in [0.15, 0.2) is 17.8 Å². The average molecular weight is 239 g/mol. The van der Waals surface area contributed by atoms with Crippen LogP contribution in [0.3, 0.4) is 0 Å². The van der Waals surface area contributed by atoms with Crippen LogP contribution in [0.1, 0.15) is 11.7 Å². The van der Waals surface area contributed by atoms with E-state index >= 15 is 0 Å². The zero-order chi connectivity index (χ0) is 11.5. The maximum absolute atomic E-state index is 10.6. The largest absolute Gasteiger partial charge is 0.480 e. The summed E-state index contributed by atoms with van der Waals surface area (Å²) in [4.78, 5) is 14.7. The van der Waals surface area contributed by atoms with Crippen molar-refractivity contribution in [3.05, 3.63) is 23.5 Å². The number of thiazole rings is 1. The zero-order valence-electron chi connectivity index (χ0n) is 8.04. The van der Waals surface area contributed by atoms with Crippen molar-refractivity contribution >= 4 is 28.1 Å². The maximum atomic E-state index is 10.6. The Bertz CT molecular complexity index is 480. The fourth-order valence-electron chi connectivity index (χ4n) is 1.06. The summed E-state index contributed by atoms with van der Waals surface area (Å²) in [5.74, 6) is -1.10. The van der Waals surface area contributed by atoms with E-state index in [1.807, 2.05) is 0 Å². The van der Waals surface area contributed by atoms with E-state index in [1.54, 1.807) is 17.8 Å². The van der Waals surface area contributed by atoms with Gasteiger partial charge in [-0.05, 0) is 0 Å². The van der Waals surface area contributed by atoms with Crippen molar-refractivity contribution in [2.45, 2.75) is 6.04 Å². The fourth-order valence-corrected chi connectivity index (χ4v) is 1.82. The predicted octanol–water partition coefficient (Wildman–Crippen LogP) is 0.694. The number of aromatic nitrogens is 3. The number of anilines is 2. The van der Waals surface area contributed by atoms with Crippen LogP contribution in [0.2, 0.25) is 0 Å². The van der Waals surface area contributed by atoms with Crippen molar-refractivity contribution in [1.29, 1.82) is 0 Å². The first-order chi connectivity index (χ1) is 7.66. The summed E-state index contributed by atoms with van der Waals surface area (Å²) < 4.78 is 0. The Morgan fingerprint density at radius 3 is 3.12 bits per heavy atom. The smallest absolute Gasteiger partial charge is 0.326 e. The highest BCUT2D eigenvalue weighted by molar-refractivity contribution is 7.13. The number of nitrogens with zero attached hydrogens (tertiary/aromatic N) is 2. The number of H-pyrrole nitrogens is 1. The second-order valence-electron chi connectivity index (χ2n) is 3.01. The van der Waals surface area contributed by atoms with Gasteiger partial charge in [-0.15, -0.1) is 11.3 Å². The molecule has 0 bridgehead atoms. The molecule has 0 aliphatic rings. The second-order valence-corrected chi connectivity index (χ2v) is 3.86. The zero-order valence-corrected chi connectivity index (χ0v) is 8.86. The van der Waals surface area contributed by atoms with Crippen LogP contribution < -0.4 is 11.1 Å². The molecule has 1 atom stereocenters. The molecule has 0 aromatic carbocycles. The van der Waals surface area contributed by atoms with Crippen molar-refractivity contribution in [2.24, 2.45) is 5.73 Å². The molecule has 0 radical (unpaired) electrons. The summed E-state index contributed by atoms with van der Waals surface area (Å²) in [5.41, 5.74) is 6.51. The molecule has 0 amide bonds. The van der Waals surface area contributed by atoms with Crippen LogP contribution >= 0.6 is 11.3 Å². The van der Waals surface area contributed by atoms with Gasteiger partial charge in [-0.1, -0.05) is 0 Å². The van der Waals surface area contributed by atoms with E-state index in [0.717, 1.165) is 5.69 Å². The molecule has 0 fully saturated rings. The first kappa shape index (κ1) is 10.6. The summed E-state index contributed by atoms with van der Waals surface area (Å²) in [6.45, 7) is 0. The molecule has 2 aromatic rings. The van der Waals surface area contributed by atoms with Gasteiger partial charge >= 0.3 is 5.97 Å². The van der Waals surface area contributed by atoms with E-state index in [4.69, 9.17) is 10.8 Å². The van der Waals surface area contributed by atoms with Gasteiger partial charge in [0.2, 0.25) is 0 Å². The number of aromatic amines is 1. The normalized spacial score (nSPS) is 12.3. The molecule has 16 heavy (non-hydrogen) atoms. The number of nitrogens with two attached hydrogens (primary N) is 1. The topological polar surface area (TPSA) is 117 Å². The number of carboxylic acids is 1. The molecule has 5 N–H and O–H groups in total. The van der Waals surface area contributed by atoms with Crippen LogP contribution in [-0.2, 0) is 4.79 Å². The molecule has 2 heterocycles. The number of carbonyl (C=O) groups is 1. The Labute approximate surface area is 94.3 Å². The summed E-state index contributed by atoms with van der Waals surface area (Å²) >= 11 is 1.29. The number of carboxylic acid groups (broad SMARTS) is 1. The van der Waals surface area contributed by atoms with Crippen LogP contribution in [0.4, 0.5) is 10.8 Å². The van der Waals surface area contributed by atoms with Gasteiger partial charge in [-0.25, -0.2) is 4.98 Å². The molecule has 8 heteroatoms. The summed E-state index contributed by atoms with van der Waals surface area (Å²) in [7, 11) is 0. The lowest BCUT2D eigenvalue weighted by molar-refractivity contribution is -0.138. The minimum absolute atomic E-state index is 0.337. The Morgan fingerprint density at radius 2 is 2.50 bits per heavy atom. The van der Waals surface area contributed by atoms with Gasteiger partial charge in [0.25, 0.3) is 0 Å². The number of aliphatic carboxylic acids is 1. The molecule has 2 aromatic heterocycles. The summed E-state index contributed by atoms with van der Waals surface area (Å²) in [6.07, 6.45) is 3.26. The van der Waals surface area contributed by atoms with Crippen molar-refractivity contribution < 1.29 is 9.90 Å². The summed E-state index contributed by atoms with van der Waals surface area (Å²) in [6, 6.07) is -1.09. The highest BCUT2D eigenvalue weighted by Crippen LogP contribution is 2.22. The second kappa shape index (κ2) is 4.29. The lowest BCUT2D eigenvalue weighted by atomic mass is 10.2. The molecular weight excluding hydrogens is 230 g/mol. The number of hydrogen-bond donors (Lipinski definition) is 4. The van der Waals surface area contributed by atoms with E-state index in [0.29, 0.717) is 10.8 Å². The third-order valence-corrected chi connectivity index (χ3v) is 2.63. The quantitative estimate of drug-likeness (QED) is 0.623. The molecule has 1 unspecified atom stereocenters. The van der Waals surface area contributed by atoms with Gasteiger partial charge < -0.3 is 16.2 Å². The number of rotatable bonds is 4. The lowest BCUT2D eigenvalue weighted by Crippen LogP contribution is -2.20. The van der Waals surface area contributed by atoms with Crippen molar-refractivity contribution in [1.82, 2.24) is 15.2 Å². The molecular formula is C8H9N5O2S. The SMILES string of the molecule is NC(C(=O)O)c1csc(Nc2cn[nH]c2)n1. The van der Waals surface area contributed by atoms with Gasteiger partial charge in [-0.3, -0.25) is 9.89 Å². The van der Waals surface area contributed by atoms with E-state index in [9.17, 15) is 4.79 Å². The third kappa shape index (κ3) is 2.18. The van der Waals surface area contributed by atoms with Crippen molar-refractivity contribution in [3.63, 3.8) is 0 Å². The lowest BCUT2D eigenvalue weighted by Gasteiger charge is -2.00. The Hall–Kier alpha value is -1.93. The van der Waals surface area contributed by atoms with Crippen molar-refractivity contribution in [2.75, 3.05) is 5.32 Å². The highest BCUT2D eigenvalue weighted by Gasteiger charge is 2.17. The van der Waals surface area contributed by atoms with Crippen LogP contribution in [0.25, 0.3) is 0 Å². The molecule has 2 rings (SSSR count). The van der Waals surface area contributed by atoms with E-state index in [-0.39, 0.29) is 0 Å². The minimum Gasteiger partial charge on any atom is -0.480 e. The molecule has 0 aliphatic carbocycles. The van der Waals surface area contributed by atoms with Crippen LogP contribution in [-0.4, -0.2) is 26.3 Å².